The second-order valence-corrected chi connectivity index (χ2v) is 4.35. The van der Waals surface area contributed by atoms with Crippen molar-refractivity contribution in [2.75, 3.05) is 6.54 Å². The number of hydrogen-bond acceptors (Lipinski definition) is 4. The number of aliphatic hydroxyl groups excluding tert-OH is 1. The molecule has 5 heteroatoms. The van der Waals surface area contributed by atoms with Gasteiger partial charge in [0.25, 0.3) is 5.69 Å². The summed E-state index contributed by atoms with van der Waals surface area (Å²) in [7, 11) is 0. The minimum absolute atomic E-state index is 0.155. The highest BCUT2D eigenvalue weighted by Crippen LogP contribution is 2.20. The molecule has 0 bridgehead atoms. The molecule has 1 aromatic rings. The summed E-state index contributed by atoms with van der Waals surface area (Å²) in [5.41, 5.74) is 1.78. The van der Waals surface area contributed by atoms with Gasteiger partial charge in [-0.05, 0) is 31.9 Å². The maximum atomic E-state index is 10.8. The van der Waals surface area contributed by atoms with Crippen LogP contribution in [0.25, 0.3) is 0 Å². The summed E-state index contributed by atoms with van der Waals surface area (Å²) in [6.45, 7) is 4.99. The molecule has 2 N–H and O–H groups in total. The van der Waals surface area contributed by atoms with E-state index in [1.165, 1.54) is 6.07 Å². The minimum Gasteiger partial charge on any atom is -0.393 e. The molecule has 1 unspecified atom stereocenters. The third-order valence-corrected chi connectivity index (χ3v) is 3.06. The average molecular weight is 252 g/mol. The van der Waals surface area contributed by atoms with Crippen molar-refractivity contribution in [2.24, 2.45) is 0 Å². The fraction of sp³-hybridized carbons (Fsp3) is 0.538. The highest BCUT2D eigenvalue weighted by Gasteiger charge is 2.12. The second kappa shape index (κ2) is 7.08. The van der Waals surface area contributed by atoms with E-state index in [-0.39, 0.29) is 16.7 Å². The number of nitrogens with one attached hydrogen (secondary N) is 1. The van der Waals surface area contributed by atoms with Crippen molar-refractivity contribution >= 4 is 5.69 Å². The highest BCUT2D eigenvalue weighted by molar-refractivity contribution is 5.44. The van der Waals surface area contributed by atoms with E-state index in [1.54, 1.807) is 13.0 Å². The first-order valence-corrected chi connectivity index (χ1v) is 6.18. The van der Waals surface area contributed by atoms with Gasteiger partial charge in [-0.1, -0.05) is 19.1 Å². The van der Waals surface area contributed by atoms with E-state index in [4.69, 9.17) is 0 Å². The average Bonchev–Trinajstić information content (AvgIpc) is 2.35. The van der Waals surface area contributed by atoms with Crippen LogP contribution in [0.15, 0.2) is 18.2 Å². The topological polar surface area (TPSA) is 75.4 Å². The Hall–Kier alpha value is -1.46. The van der Waals surface area contributed by atoms with Crippen LogP contribution >= 0.6 is 0 Å². The van der Waals surface area contributed by atoms with Gasteiger partial charge in [0, 0.05) is 18.2 Å². The molecular formula is C13H20N2O3. The third kappa shape index (κ3) is 4.09. The van der Waals surface area contributed by atoms with Crippen molar-refractivity contribution in [1.29, 1.82) is 0 Å². The lowest BCUT2D eigenvalue weighted by molar-refractivity contribution is -0.385. The number of rotatable bonds is 7. The van der Waals surface area contributed by atoms with Crippen LogP contribution in [0, 0.1) is 17.0 Å². The number of benzene rings is 1. The van der Waals surface area contributed by atoms with Crippen LogP contribution in [0.5, 0.6) is 0 Å². The zero-order valence-corrected chi connectivity index (χ0v) is 10.8. The van der Waals surface area contributed by atoms with Crippen LogP contribution in [0.2, 0.25) is 0 Å². The molecule has 5 nitrogen and oxygen atoms in total. The van der Waals surface area contributed by atoms with E-state index in [2.05, 4.69) is 5.32 Å². The molecule has 0 radical (unpaired) electrons. The summed E-state index contributed by atoms with van der Waals surface area (Å²) in [5.74, 6) is 0. The van der Waals surface area contributed by atoms with Gasteiger partial charge in [0.1, 0.15) is 0 Å². The quantitative estimate of drug-likeness (QED) is 0.443. The summed E-state index contributed by atoms with van der Waals surface area (Å²) in [5, 5.41) is 23.4. The first-order chi connectivity index (χ1) is 8.56. The van der Waals surface area contributed by atoms with Crippen molar-refractivity contribution < 1.29 is 10.0 Å². The number of nitrogens with zero attached hydrogens (tertiary/aromatic N) is 1. The monoisotopic (exact) mass is 252 g/mol. The second-order valence-electron chi connectivity index (χ2n) is 4.35. The maximum Gasteiger partial charge on any atom is 0.272 e. The Labute approximate surface area is 107 Å². The van der Waals surface area contributed by atoms with Gasteiger partial charge in [-0.2, -0.15) is 0 Å². The first kappa shape index (κ1) is 14.6. The Morgan fingerprint density at radius 1 is 1.50 bits per heavy atom. The Morgan fingerprint density at radius 3 is 2.83 bits per heavy atom. The molecule has 0 saturated heterocycles. The predicted octanol–water partition coefficient (Wildman–Crippen LogP) is 2.15. The van der Waals surface area contributed by atoms with Crippen molar-refractivity contribution in [1.82, 2.24) is 5.32 Å². The molecular weight excluding hydrogens is 232 g/mol. The maximum absolute atomic E-state index is 10.8. The lowest BCUT2D eigenvalue weighted by Crippen LogP contribution is -2.20. The number of aliphatic hydroxyl groups is 1. The Morgan fingerprint density at radius 2 is 2.22 bits per heavy atom. The van der Waals surface area contributed by atoms with E-state index >= 15 is 0 Å². The zero-order valence-electron chi connectivity index (χ0n) is 10.8. The molecule has 0 aliphatic rings. The van der Waals surface area contributed by atoms with Crippen molar-refractivity contribution in [3.05, 3.63) is 39.4 Å². The molecule has 0 aliphatic heterocycles. The molecule has 0 aromatic heterocycles. The van der Waals surface area contributed by atoms with Crippen molar-refractivity contribution in [3.8, 4) is 0 Å². The van der Waals surface area contributed by atoms with E-state index in [0.29, 0.717) is 25.1 Å². The van der Waals surface area contributed by atoms with Gasteiger partial charge in [-0.3, -0.25) is 10.1 Å². The lowest BCUT2D eigenvalue weighted by atomic mass is 10.1. The molecule has 0 amide bonds. The SMILES string of the molecule is CCC(O)CCNCc1cccc([N+](=O)[O-])c1C. The Kier molecular flexibility index (Phi) is 5.74. The predicted molar refractivity (Wildman–Crippen MR) is 70.5 cm³/mol. The van der Waals surface area contributed by atoms with Crippen LogP contribution < -0.4 is 5.32 Å². The minimum atomic E-state index is -0.361. The standard InChI is InChI=1S/C13H20N2O3/c1-3-12(16)7-8-14-9-11-5-4-6-13(10(11)2)15(17)18/h4-6,12,14,16H,3,7-9H2,1-2H3. The van der Waals surface area contributed by atoms with Gasteiger partial charge < -0.3 is 10.4 Å². The van der Waals surface area contributed by atoms with Crippen LogP contribution in [-0.4, -0.2) is 22.7 Å². The fourth-order valence-electron chi connectivity index (χ4n) is 1.76. The lowest BCUT2D eigenvalue weighted by Gasteiger charge is -2.10. The number of nitro groups is 1. The Balaban J connectivity index is 2.53. The molecule has 0 saturated carbocycles. The highest BCUT2D eigenvalue weighted by atomic mass is 16.6. The normalized spacial score (nSPS) is 12.4. The van der Waals surface area contributed by atoms with Gasteiger partial charge in [0.15, 0.2) is 0 Å². The molecule has 1 atom stereocenters. The van der Waals surface area contributed by atoms with Gasteiger partial charge >= 0.3 is 0 Å². The van der Waals surface area contributed by atoms with Crippen LogP contribution in [0.3, 0.4) is 0 Å². The molecule has 0 aliphatic carbocycles. The molecule has 0 spiro atoms. The van der Waals surface area contributed by atoms with Crippen molar-refractivity contribution in [3.63, 3.8) is 0 Å². The summed E-state index contributed by atoms with van der Waals surface area (Å²) in [6.07, 6.45) is 1.17. The van der Waals surface area contributed by atoms with Crippen molar-refractivity contribution in [2.45, 2.75) is 39.3 Å². The van der Waals surface area contributed by atoms with E-state index in [9.17, 15) is 15.2 Å². The first-order valence-electron chi connectivity index (χ1n) is 6.18. The number of hydrogen-bond donors (Lipinski definition) is 2. The number of nitro benzene ring substituents is 1. The van der Waals surface area contributed by atoms with E-state index < -0.39 is 0 Å². The van der Waals surface area contributed by atoms with Gasteiger partial charge in [0.05, 0.1) is 11.0 Å². The summed E-state index contributed by atoms with van der Waals surface area (Å²) < 4.78 is 0. The molecule has 0 fully saturated rings. The smallest absolute Gasteiger partial charge is 0.272 e. The van der Waals surface area contributed by atoms with E-state index in [1.807, 2.05) is 13.0 Å². The molecule has 1 rings (SSSR count). The summed E-state index contributed by atoms with van der Waals surface area (Å²) in [4.78, 5) is 10.4. The van der Waals surface area contributed by atoms with Gasteiger partial charge in [0.2, 0.25) is 0 Å². The van der Waals surface area contributed by atoms with Crippen LogP contribution in [0.1, 0.15) is 30.9 Å². The zero-order chi connectivity index (χ0) is 13.5. The third-order valence-electron chi connectivity index (χ3n) is 3.06. The van der Waals surface area contributed by atoms with Gasteiger partial charge in [-0.15, -0.1) is 0 Å². The Bertz CT molecular complexity index is 407. The van der Waals surface area contributed by atoms with Gasteiger partial charge in [-0.25, -0.2) is 0 Å². The van der Waals surface area contributed by atoms with Crippen LogP contribution in [0.4, 0.5) is 5.69 Å². The molecule has 0 heterocycles. The molecule has 100 valence electrons. The fourth-order valence-corrected chi connectivity index (χ4v) is 1.76. The summed E-state index contributed by atoms with van der Waals surface area (Å²) >= 11 is 0. The van der Waals surface area contributed by atoms with E-state index in [0.717, 1.165) is 12.0 Å². The largest absolute Gasteiger partial charge is 0.393 e. The molecule has 18 heavy (non-hydrogen) atoms. The van der Waals surface area contributed by atoms with Crippen LogP contribution in [-0.2, 0) is 6.54 Å². The molecule has 1 aromatic carbocycles. The summed E-state index contributed by atoms with van der Waals surface area (Å²) in [6, 6.07) is 5.09.